The minimum Gasteiger partial charge on any atom is -0.450 e. The van der Waals surface area contributed by atoms with Crippen molar-refractivity contribution in [2.24, 2.45) is 12.8 Å². The Morgan fingerprint density at radius 2 is 1.91 bits per heavy atom. The molecule has 2 amide bonds. The predicted molar refractivity (Wildman–Crippen MR) is 120 cm³/mol. The molecule has 10 nitrogen and oxygen atoms in total. The van der Waals surface area contributed by atoms with Crippen LogP contribution in [0.15, 0.2) is 58.4 Å². The van der Waals surface area contributed by atoms with Crippen molar-refractivity contribution in [3.8, 4) is 5.75 Å². The maximum Gasteiger partial charge on any atom is 0.358 e. The number of imidazole rings is 1. The van der Waals surface area contributed by atoms with Crippen LogP contribution in [0.4, 0.5) is 10.5 Å². The fraction of sp³-hybridized carbons (Fsp3) is 0.136. The molecule has 170 valence electrons. The lowest BCUT2D eigenvalue weighted by atomic mass is 10.00. The average molecular weight is 468 g/mol. The smallest absolute Gasteiger partial charge is 0.358 e. The molecule has 0 radical (unpaired) electrons. The topological polar surface area (TPSA) is 147 Å². The number of aryl methyl sites for hydroxylation is 3. The third-order valence-corrected chi connectivity index (χ3v) is 6.02. The summed E-state index contributed by atoms with van der Waals surface area (Å²) in [6.45, 7) is 3.70. The van der Waals surface area contributed by atoms with Crippen LogP contribution in [0.25, 0.3) is 11.0 Å². The summed E-state index contributed by atoms with van der Waals surface area (Å²) in [5.74, 6) is -0.658. The number of amides is 2. The zero-order valence-corrected chi connectivity index (χ0v) is 18.8. The monoisotopic (exact) mass is 468 g/mol. The summed E-state index contributed by atoms with van der Waals surface area (Å²) < 4.78 is 37.3. The van der Waals surface area contributed by atoms with Gasteiger partial charge in [0.05, 0.1) is 6.33 Å². The van der Waals surface area contributed by atoms with Crippen LogP contribution < -0.4 is 15.2 Å². The van der Waals surface area contributed by atoms with Gasteiger partial charge in [0, 0.05) is 30.3 Å². The van der Waals surface area contributed by atoms with E-state index >= 15 is 0 Å². The number of nitrogens with zero attached hydrogens (tertiary/aromatic N) is 2. The number of aromatic nitrogens is 2. The highest BCUT2D eigenvalue weighted by molar-refractivity contribution is 7.87. The van der Waals surface area contributed by atoms with Crippen molar-refractivity contribution in [3.05, 3.63) is 71.4 Å². The summed E-state index contributed by atoms with van der Waals surface area (Å²) in [7, 11) is -2.56. The number of hydrogen-bond donors (Lipinski definition) is 2. The molecule has 0 fully saturated rings. The first-order chi connectivity index (χ1) is 15.5. The fourth-order valence-electron chi connectivity index (χ4n) is 3.41. The molecule has 0 bridgehead atoms. The van der Waals surface area contributed by atoms with E-state index in [4.69, 9.17) is 14.3 Å². The van der Waals surface area contributed by atoms with Gasteiger partial charge in [-0.15, -0.1) is 0 Å². The highest BCUT2D eigenvalue weighted by atomic mass is 32.2. The van der Waals surface area contributed by atoms with Gasteiger partial charge in [-0.25, -0.2) is 9.78 Å². The molecule has 2 aromatic carbocycles. The molecule has 0 saturated carbocycles. The number of carbonyl (C=O) groups excluding carboxylic acids is 2. The molecule has 33 heavy (non-hydrogen) atoms. The molecule has 0 aliphatic rings. The minimum atomic E-state index is -4.18. The lowest BCUT2D eigenvalue weighted by molar-refractivity contribution is 0.101. The number of nitrogens with two attached hydrogens (primary N) is 1. The summed E-state index contributed by atoms with van der Waals surface area (Å²) >= 11 is 0. The first-order valence-electron chi connectivity index (χ1n) is 9.72. The Bertz CT molecular complexity index is 1520. The van der Waals surface area contributed by atoms with Crippen LogP contribution in [0.3, 0.4) is 0 Å². The van der Waals surface area contributed by atoms with Crippen LogP contribution in [0.1, 0.15) is 27.2 Å². The largest absolute Gasteiger partial charge is 0.450 e. The molecular formula is C22H20N4O6S. The van der Waals surface area contributed by atoms with Crippen LogP contribution in [0, 0.1) is 13.8 Å². The molecular weight excluding hydrogens is 448 g/mol. The van der Waals surface area contributed by atoms with E-state index in [9.17, 15) is 18.0 Å². The molecule has 4 aromatic rings. The Balaban J connectivity index is 1.78. The Labute approximate surface area is 189 Å². The number of urea groups is 1. The number of primary amides is 1. The quantitative estimate of drug-likeness (QED) is 0.326. The van der Waals surface area contributed by atoms with E-state index in [2.05, 4.69) is 10.3 Å². The van der Waals surface area contributed by atoms with E-state index in [0.717, 1.165) is 11.1 Å². The van der Waals surface area contributed by atoms with Crippen molar-refractivity contribution in [1.29, 1.82) is 0 Å². The summed E-state index contributed by atoms with van der Waals surface area (Å²) in [6, 6.07) is 8.57. The number of nitrogens with one attached hydrogen (secondary N) is 1. The summed E-state index contributed by atoms with van der Waals surface area (Å²) in [5.41, 5.74) is 7.61. The van der Waals surface area contributed by atoms with E-state index in [0.29, 0.717) is 10.9 Å². The van der Waals surface area contributed by atoms with Crippen LogP contribution in [-0.2, 0) is 17.2 Å². The van der Waals surface area contributed by atoms with E-state index < -0.39 is 21.9 Å². The summed E-state index contributed by atoms with van der Waals surface area (Å²) in [4.78, 5) is 28.6. The highest BCUT2D eigenvalue weighted by Crippen LogP contribution is 2.35. The van der Waals surface area contributed by atoms with Gasteiger partial charge < -0.3 is 24.2 Å². The lowest BCUT2D eigenvalue weighted by Gasteiger charge is -2.06. The van der Waals surface area contributed by atoms with Gasteiger partial charge in [-0.3, -0.25) is 4.79 Å². The van der Waals surface area contributed by atoms with Crippen molar-refractivity contribution >= 4 is 38.6 Å². The number of benzene rings is 2. The number of hydrogen-bond acceptors (Lipinski definition) is 7. The number of carbonyl (C=O) groups is 2. The van der Waals surface area contributed by atoms with Gasteiger partial charge in [-0.05, 0) is 31.5 Å². The highest BCUT2D eigenvalue weighted by Gasteiger charge is 2.26. The first-order valence-corrected chi connectivity index (χ1v) is 11.1. The molecule has 0 aliphatic heterocycles. The normalized spacial score (nSPS) is 11.5. The van der Waals surface area contributed by atoms with Gasteiger partial charge in [-0.2, -0.15) is 8.42 Å². The Morgan fingerprint density at radius 3 is 2.55 bits per heavy atom. The van der Waals surface area contributed by atoms with E-state index in [1.165, 1.54) is 35.3 Å². The second-order valence-corrected chi connectivity index (χ2v) is 9.01. The van der Waals surface area contributed by atoms with Gasteiger partial charge in [0.2, 0.25) is 10.8 Å². The zero-order valence-electron chi connectivity index (χ0n) is 17.9. The first kappa shape index (κ1) is 22.1. The molecule has 0 spiro atoms. The third-order valence-electron chi connectivity index (χ3n) is 4.89. The fourth-order valence-corrected chi connectivity index (χ4v) is 4.33. The van der Waals surface area contributed by atoms with E-state index in [1.807, 2.05) is 13.0 Å². The summed E-state index contributed by atoms with van der Waals surface area (Å²) in [6.07, 6.45) is 2.63. The van der Waals surface area contributed by atoms with Gasteiger partial charge in [0.1, 0.15) is 17.0 Å². The van der Waals surface area contributed by atoms with Crippen LogP contribution in [0.2, 0.25) is 0 Å². The SMILES string of the molecule is Cc1ccc(C(=O)c2oc3cc(OS(=O)(=O)c4cn(C)cn4)ccc3c2NC(N)=O)c(C)c1. The number of furan rings is 1. The second kappa shape index (κ2) is 8.10. The van der Waals surface area contributed by atoms with Crippen molar-refractivity contribution in [3.63, 3.8) is 0 Å². The van der Waals surface area contributed by atoms with Crippen LogP contribution in [0.5, 0.6) is 5.75 Å². The molecule has 0 unspecified atom stereocenters. The van der Waals surface area contributed by atoms with Gasteiger partial charge >= 0.3 is 16.1 Å². The molecule has 0 aliphatic carbocycles. The van der Waals surface area contributed by atoms with Gasteiger partial charge in [0.15, 0.2) is 5.76 Å². The second-order valence-electron chi connectivity index (χ2n) is 7.52. The van der Waals surface area contributed by atoms with E-state index in [1.54, 1.807) is 26.1 Å². The number of ketones is 1. The maximum atomic E-state index is 13.2. The molecule has 3 N–H and O–H groups in total. The standard InChI is InChI=1S/C22H20N4O6S/c1-12-4-6-15(13(2)8-12)20(27)21-19(25-22(23)28)16-7-5-14(9-17(16)31-21)32-33(29,30)18-10-26(3)11-24-18/h4-11H,1-3H3,(H3,23,25,28). The van der Waals surface area contributed by atoms with Crippen molar-refractivity contribution < 1.29 is 26.6 Å². The zero-order chi connectivity index (χ0) is 23.9. The minimum absolute atomic E-state index is 0.0574. The Hall–Kier alpha value is -4.12. The predicted octanol–water partition coefficient (Wildman–Crippen LogP) is 3.27. The van der Waals surface area contributed by atoms with E-state index in [-0.39, 0.29) is 27.8 Å². The molecule has 4 rings (SSSR count). The summed E-state index contributed by atoms with van der Waals surface area (Å²) in [5, 5.41) is 2.52. The molecule has 2 heterocycles. The van der Waals surface area contributed by atoms with Crippen LogP contribution >= 0.6 is 0 Å². The van der Waals surface area contributed by atoms with Crippen molar-refractivity contribution in [2.45, 2.75) is 18.9 Å². The molecule has 0 atom stereocenters. The molecule has 0 saturated heterocycles. The number of anilines is 1. The molecule has 11 heteroatoms. The van der Waals surface area contributed by atoms with Crippen LogP contribution in [-0.4, -0.2) is 29.8 Å². The Kier molecular flexibility index (Phi) is 5.42. The Morgan fingerprint density at radius 1 is 1.15 bits per heavy atom. The average Bonchev–Trinajstić information content (AvgIpc) is 3.31. The van der Waals surface area contributed by atoms with Crippen molar-refractivity contribution in [2.75, 3.05) is 5.32 Å². The van der Waals surface area contributed by atoms with Gasteiger partial charge in [-0.1, -0.05) is 23.8 Å². The third kappa shape index (κ3) is 4.30. The van der Waals surface area contributed by atoms with Gasteiger partial charge in [0.25, 0.3) is 0 Å². The number of rotatable bonds is 6. The van der Waals surface area contributed by atoms with Crippen molar-refractivity contribution in [1.82, 2.24) is 9.55 Å². The lowest BCUT2D eigenvalue weighted by Crippen LogP contribution is -2.20. The molecule has 2 aromatic heterocycles. The number of fused-ring (bicyclic) bond motifs is 1. The maximum absolute atomic E-state index is 13.2.